The van der Waals surface area contributed by atoms with Crippen LogP contribution >= 0.6 is 0 Å². The summed E-state index contributed by atoms with van der Waals surface area (Å²) < 4.78 is 0. The summed E-state index contributed by atoms with van der Waals surface area (Å²) in [5, 5.41) is 8.91. The maximum absolute atomic E-state index is 12.8. The van der Waals surface area contributed by atoms with Gasteiger partial charge in [-0.25, -0.2) is 0 Å². The lowest BCUT2D eigenvalue weighted by Gasteiger charge is -2.24. The lowest BCUT2D eigenvalue weighted by molar-refractivity contribution is -0.117. The number of amides is 2. The molecular formula is C23H24N4O2. The molecule has 2 amide bonds. The largest absolute Gasteiger partial charge is 0.371 e. The number of nitrogens with two attached hydrogens (primary N) is 1. The van der Waals surface area contributed by atoms with E-state index in [-0.39, 0.29) is 11.8 Å². The molecule has 4 rings (SSSR count). The second kappa shape index (κ2) is 7.96. The minimum absolute atomic E-state index is 0.0453. The molecule has 2 aromatic rings. The van der Waals surface area contributed by atoms with E-state index in [0.717, 1.165) is 31.7 Å². The molecule has 2 atom stereocenters. The smallest absolute Gasteiger partial charge is 0.253 e. The van der Waals surface area contributed by atoms with E-state index < -0.39 is 0 Å². The Balaban J connectivity index is 1.37. The zero-order chi connectivity index (χ0) is 20.4. The van der Waals surface area contributed by atoms with E-state index in [0.29, 0.717) is 35.8 Å². The maximum atomic E-state index is 12.8. The van der Waals surface area contributed by atoms with Gasteiger partial charge in [0.1, 0.15) is 0 Å². The lowest BCUT2D eigenvalue weighted by atomic mass is 10.0. The van der Waals surface area contributed by atoms with E-state index in [1.165, 1.54) is 5.69 Å². The van der Waals surface area contributed by atoms with Crippen molar-refractivity contribution in [2.75, 3.05) is 31.1 Å². The number of benzene rings is 2. The van der Waals surface area contributed by atoms with Crippen molar-refractivity contribution < 1.29 is 9.59 Å². The number of hydrogen-bond donors (Lipinski definition) is 1. The van der Waals surface area contributed by atoms with Gasteiger partial charge in [0, 0.05) is 55.7 Å². The molecule has 148 valence electrons. The summed E-state index contributed by atoms with van der Waals surface area (Å²) in [6, 6.07) is 17.2. The van der Waals surface area contributed by atoms with Gasteiger partial charge in [-0.3, -0.25) is 9.59 Å². The first kappa shape index (κ1) is 19.0. The molecule has 6 nitrogen and oxygen atoms in total. The number of rotatable bonds is 5. The summed E-state index contributed by atoms with van der Waals surface area (Å²) in [5.41, 5.74) is 8.76. The number of fused-ring (bicyclic) bond motifs is 1. The summed E-state index contributed by atoms with van der Waals surface area (Å²) in [4.78, 5) is 28.1. The van der Waals surface area contributed by atoms with Gasteiger partial charge in [-0.2, -0.15) is 5.26 Å². The van der Waals surface area contributed by atoms with Crippen molar-refractivity contribution in [2.24, 2.45) is 17.6 Å². The highest BCUT2D eigenvalue weighted by atomic mass is 16.2. The Hall–Kier alpha value is -3.33. The van der Waals surface area contributed by atoms with E-state index in [2.05, 4.69) is 23.1 Å². The number of nitrogens with zero attached hydrogens (tertiary/aromatic N) is 3. The van der Waals surface area contributed by atoms with Gasteiger partial charge in [-0.05, 0) is 48.4 Å². The monoisotopic (exact) mass is 388 g/mol. The number of carbonyl (C=O) groups excluding carboxylic acids is 2. The fourth-order valence-corrected chi connectivity index (χ4v) is 4.42. The summed E-state index contributed by atoms with van der Waals surface area (Å²) >= 11 is 0. The lowest BCUT2D eigenvalue weighted by Crippen LogP contribution is -2.33. The average Bonchev–Trinajstić information content (AvgIpc) is 3.31. The zero-order valence-electron chi connectivity index (χ0n) is 16.3. The highest BCUT2D eigenvalue weighted by Crippen LogP contribution is 2.35. The number of anilines is 1. The summed E-state index contributed by atoms with van der Waals surface area (Å²) in [6.07, 6.45) is 1.03. The van der Waals surface area contributed by atoms with Crippen molar-refractivity contribution in [3.05, 3.63) is 65.2 Å². The van der Waals surface area contributed by atoms with Crippen LogP contribution in [0.1, 0.15) is 27.9 Å². The Morgan fingerprint density at radius 2 is 1.72 bits per heavy atom. The van der Waals surface area contributed by atoms with Crippen LogP contribution in [0.3, 0.4) is 0 Å². The Morgan fingerprint density at radius 1 is 1.03 bits per heavy atom. The minimum atomic E-state index is -0.280. The minimum Gasteiger partial charge on any atom is -0.371 e. The number of likely N-dealkylation sites (tertiary alicyclic amines) is 1. The molecule has 0 saturated carbocycles. The maximum Gasteiger partial charge on any atom is 0.253 e. The van der Waals surface area contributed by atoms with E-state index in [1.807, 2.05) is 17.0 Å². The van der Waals surface area contributed by atoms with Crippen LogP contribution in [0.2, 0.25) is 0 Å². The van der Waals surface area contributed by atoms with Gasteiger partial charge in [-0.15, -0.1) is 0 Å². The van der Waals surface area contributed by atoms with Crippen molar-refractivity contribution in [1.82, 2.24) is 4.90 Å². The molecule has 6 heteroatoms. The third kappa shape index (κ3) is 4.09. The van der Waals surface area contributed by atoms with Gasteiger partial charge < -0.3 is 15.5 Å². The highest BCUT2D eigenvalue weighted by molar-refractivity contribution is 5.94. The molecule has 0 aromatic heterocycles. The Bertz CT molecular complexity index is 950. The van der Waals surface area contributed by atoms with Crippen molar-refractivity contribution in [1.29, 1.82) is 5.26 Å². The molecule has 2 aliphatic heterocycles. The van der Waals surface area contributed by atoms with Crippen LogP contribution in [-0.4, -0.2) is 42.9 Å². The van der Waals surface area contributed by atoms with E-state index in [9.17, 15) is 9.59 Å². The van der Waals surface area contributed by atoms with Crippen LogP contribution in [0.25, 0.3) is 0 Å². The molecule has 0 spiro atoms. The quantitative estimate of drug-likeness (QED) is 0.850. The zero-order valence-corrected chi connectivity index (χ0v) is 16.3. The summed E-state index contributed by atoms with van der Waals surface area (Å²) in [5.74, 6) is 0.695. The molecule has 2 aliphatic rings. The first-order valence-electron chi connectivity index (χ1n) is 9.95. The van der Waals surface area contributed by atoms with Crippen LogP contribution in [0, 0.1) is 23.2 Å². The molecule has 0 radical (unpaired) electrons. The molecular weight excluding hydrogens is 364 g/mol. The topological polar surface area (TPSA) is 90.4 Å². The molecule has 0 aliphatic carbocycles. The average molecular weight is 388 g/mol. The molecule has 2 saturated heterocycles. The molecule has 2 unspecified atom stereocenters. The highest BCUT2D eigenvalue weighted by Gasteiger charge is 2.41. The first-order chi connectivity index (χ1) is 14.0. The summed E-state index contributed by atoms with van der Waals surface area (Å²) in [7, 11) is 0. The number of primary amides is 1. The Kier molecular flexibility index (Phi) is 5.22. The van der Waals surface area contributed by atoms with Crippen LogP contribution in [0.15, 0.2) is 48.5 Å². The Labute approximate surface area is 170 Å². The number of carbonyl (C=O) groups is 2. The van der Waals surface area contributed by atoms with E-state index in [1.54, 1.807) is 24.3 Å². The van der Waals surface area contributed by atoms with Crippen LogP contribution in [-0.2, 0) is 11.2 Å². The van der Waals surface area contributed by atoms with Gasteiger partial charge in [0.25, 0.3) is 5.91 Å². The van der Waals surface area contributed by atoms with Gasteiger partial charge in [0.15, 0.2) is 0 Å². The first-order valence-corrected chi connectivity index (χ1v) is 9.95. The molecule has 2 N–H and O–H groups in total. The fraction of sp³-hybridized carbons (Fsp3) is 0.348. The predicted molar refractivity (Wildman–Crippen MR) is 110 cm³/mol. The van der Waals surface area contributed by atoms with Crippen molar-refractivity contribution in [2.45, 2.75) is 12.8 Å². The third-order valence-corrected chi connectivity index (χ3v) is 5.97. The van der Waals surface area contributed by atoms with Crippen molar-refractivity contribution >= 4 is 17.5 Å². The molecule has 2 fully saturated rings. The van der Waals surface area contributed by atoms with Crippen LogP contribution < -0.4 is 10.6 Å². The Morgan fingerprint density at radius 3 is 2.34 bits per heavy atom. The van der Waals surface area contributed by atoms with Gasteiger partial charge in [-0.1, -0.05) is 12.1 Å². The molecule has 0 bridgehead atoms. The summed E-state index contributed by atoms with van der Waals surface area (Å²) in [6.45, 7) is 3.39. The van der Waals surface area contributed by atoms with Crippen molar-refractivity contribution in [3.8, 4) is 6.07 Å². The molecule has 2 aromatic carbocycles. The second-order valence-electron chi connectivity index (χ2n) is 7.96. The van der Waals surface area contributed by atoms with Gasteiger partial charge in [0.05, 0.1) is 11.6 Å². The van der Waals surface area contributed by atoms with E-state index >= 15 is 0 Å². The van der Waals surface area contributed by atoms with Crippen LogP contribution in [0.5, 0.6) is 0 Å². The standard InChI is InChI=1S/C23H24N4O2/c24-11-17-4-7-18(8-5-17)23(29)27-14-19-12-26(13-20(19)15-27)21-3-1-2-16(10-21)6-9-22(25)28/h1-5,7-8,10,19-20H,6,9,12-15H2,(H2,25,28). The number of aryl methyl sites for hydroxylation is 1. The van der Waals surface area contributed by atoms with Gasteiger partial charge in [0.2, 0.25) is 5.91 Å². The predicted octanol–water partition coefficient (Wildman–Crippen LogP) is 2.18. The molecule has 29 heavy (non-hydrogen) atoms. The second-order valence-corrected chi connectivity index (χ2v) is 7.96. The molecule has 2 heterocycles. The van der Waals surface area contributed by atoms with Crippen molar-refractivity contribution in [3.63, 3.8) is 0 Å². The third-order valence-electron chi connectivity index (χ3n) is 5.97. The van der Waals surface area contributed by atoms with E-state index in [4.69, 9.17) is 11.0 Å². The normalized spacial score (nSPS) is 20.4. The number of nitriles is 1. The number of hydrogen-bond acceptors (Lipinski definition) is 4. The van der Waals surface area contributed by atoms with Crippen LogP contribution in [0.4, 0.5) is 5.69 Å². The fourth-order valence-electron chi connectivity index (χ4n) is 4.42. The van der Waals surface area contributed by atoms with Gasteiger partial charge >= 0.3 is 0 Å². The SMILES string of the molecule is N#Cc1ccc(C(=O)N2CC3CN(c4cccc(CCC(N)=O)c4)CC3C2)cc1.